The number of para-hydroxylation sites is 2. The van der Waals surface area contributed by atoms with Crippen molar-refractivity contribution in [3.8, 4) is 0 Å². The lowest BCUT2D eigenvalue weighted by Crippen LogP contribution is -2.36. The predicted octanol–water partition coefficient (Wildman–Crippen LogP) is 1.57. The first-order chi connectivity index (χ1) is 9.65. The number of rotatable bonds is 5. The molecule has 1 atom stereocenters. The maximum Gasteiger partial charge on any atom is 0.238 e. The summed E-state index contributed by atoms with van der Waals surface area (Å²) < 4.78 is 5.46. The standard InChI is InChI=1S/C15H23N3O2/c1-18(9-12-5-4-8-20-11-12)10-15(19)17-14-7-3-2-6-13(14)16/h2-3,6-7,12H,4-5,8-11,16H2,1H3,(H,17,19). The van der Waals surface area contributed by atoms with Gasteiger partial charge < -0.3 is 15.8 Å². The van der Waals surface area contributed by atoms with E-state index >= 15 is 0 Å². The highest BCUT2D eigenvalue weighted by Gasteiger charge is 2.17. The number of anilines is 2. The molecule has 1 saturated heterocycles. The Labute approximate surface area is 120 Å². The molecular weight excluding hydrogens is 254 g/mol. The topological polar surface area (TPSA) is 67.6 Å². The number of ether oxygens (including phenoxy) is 1. The molecule has 1 aromatic rings. The van der Waals surface area contributed by atoms with Crippen molar-refractivity contribution < 1.29 is 9.53 Å². The average molecular weight is 277 g/mol. The normalized spacial score (nSPS) is 19.0. The fraction of sp³-hybridized carbons (Fsp3) is 0.533. The maximum absolute atomic E-state index is 12.0. The summed E-state index contributed by atoms with van der Waals surface area (Å²) in [6, 6.07) is 7.29. The van der Waals surface area contributed by atoms with Gasteiger partial charge >= 0.3 is 0 Å². The molecule has 1 aliphatic rings. The molecule has 110 valence electrons. The first-order valence-electron chi connectivity index (χ1n) is 7.06. The summed E-state index contributed by atoms with van der Waals surface area (Å²) >= 11 is 0. The van der Waals surface area contributed by atoms with Crippen LogP contribution in [-0.2, 0) is 9.53 Å². The molecule has 5 heteroatoms. The van der Waals surface area contributed by atoms with E-state index in [9.17, 15) is 4.79 Å². The molecule has 1 fully saturated rings. The average Bonchev–Trinajstić information content (AvgIpc) is 2.42. The van der Waals surface area contributed by atoms with Gasteiger partial charge in [-0.15, -0.1) is 0 Å². The van der Waals surface area contributed by atoms with Crippen LogP contribution in [0, 0.1) is 5.92 Å². The van der Waals surface area contributed by atoms with Crippen molar-refractivity contribution in [1.82, 2.24) is 4.90 Å². The number of benzene rings is 1. The molecule has 0 aliphatic carbocycles. The van der Waals surface area contributed by atoms with Crippen LogP contribution in [-0.4, -0.2) is 44.2 Å². The molecule has 5 nitrogen and oxygen atoms in total. The zero-order valence-corrected chi connectivity index (χ0v) is 12.0. The summed E-state index contributed by atoms with van der Waals surface area (Å²) in [6.45, 7) is 2.92. The van der Waals surface area contributed by atoms with Crippen molar-refractivity contribution >= 4 is 17.3 Å². The molecule has 2 rings (SSSR count). The fourth-order valence-electron chi connectivity index (χ4n) is 2.50. The largest absolute Gasteiger partial charge is 0.397 e. The molecule has 0 bridgehead atoms. The van der Waals surface area contributed by atoms with Gasteiger partial charge in [-0.3, -0.25) is 9.69 Å². The Kier molecular flexibility index (Phi) is 5.38. The van der Waals surface area contributed by atoms with Crippen molar-refractivity contribution in [2.45, 2.75) is 12.8 Å². The van der Waals surface area contributed by atoms with E-state index in [1.165, 1.54) is 6.42 Å². The van der Waals surface area contributed by atoms with E-state index in [4.69, 9.17) is 10.5 Å². The monoisotopic (exact) mass is 277 g/mol. The van der Waals surface area contributed by atoms with Crippen molar-refractivity contribution in [1.29, 1.82) is 0 Å². The highest BCUT2D eigenvalue weighted by molar-refractivity contribution is 5.95. The van der Waals surface area contributed by atoms with E-state index in [1.807, 2.05) is 30.1 Å². The van der Waals surface area contributed by atoms with E-state index < -0.39 is 0 Å². The Morgan fingerprint density at radius 1 is 1.50 bits per heavy atom. The number of carbonyl (C=O) groups is 1. The molecule has 3 N–H and O–H groups in total. The van der Waals surface area contributed by atoms with Crippen LogP contribution < -0.4 is 11.1 Å². The predicted molar refractivity (Wildman–Crippen MR) is 80.5 cm³/mol. The molecular formula is C15H23N3O2. The Hall–Kier alpha value is -1.59. The molecule has 1 heterocycles. The molecule has 1 amide bonds. The van der Waals surface area contributed by atoms with Gasteiger partial charge in [0.2, 0.25) is 5.91 Å². The minimum atomic E-state index is -0.0397. The molecule has 1 unspecified atom stereocenters. The summed E-state index contributed by atoms with van der Waals surface area (Å²) in [5, 5.41) is 2.84. The van der Waals surface area contributed by atoms with Crippen molar-refractivity contribution in [2.24, 2.45) is 5.92 Å². The van der Waals surface area contributed by atoms with Crippen molar-refractivity contribution in [3.05, 3.63) is 24.3 Å². The van der Waals surface area contributed by atoms with Gasteiger partial charge in [0.25, 0.3) is 0 Å². The van der Waals surface area contributed by atoms with Crippen LogP contribution in [0.5, 0.6) is 0 Å². The summed E-state index contributed by atoms with van der Waals surface area (Å²) in [5.41, 5.74) is 7.06. The number of amides is 1. The third-order valence-corrected chi connectivity index (χ3v) is 3.47. The van der Waals surface area contributed by atoms with E-state index in [2.05, 4.69) is 5.32 Å². The molecule has 0 aromatic heterocycles. The fourth-order valence-corrected chi connectivity index (χ4v) is 2.50. The zero-order chi connectivity index (χ0) is 14.4. The molecule has 0 saturated carbocycles. The number of likely N-dealkylation sites (N-methyl/N-ethyl adjacent to an activating group) is 1. The first kappa shape index (κ1) is 14.8. The van der Waals surface area contributed by atoms with Crippen LogP contribution in [0.15, 0.2) is 24.3 Å². The molecule has 1 aliphatic heterocycles. The van der Waals surface area contributed by atoms with Gasteiger partial charge in [-0.2, -0.15) is 0 Å². The number of nitrogens with zero attached hydrogens (tertiary/aromatic N) is 1. The van der Waals surface area contributed by atoms with Gasteiger partial charge in [0.1, 0.15) is 0 Å². The third kappa shape index (κ3) is 4.51. The van der Waals surface area contributed by atoms with Gasteiger partial charge in [-0.25, -0.2) is 0 Å². The molecule has 1 aromatic carbocycles. The number of nitrogens with two attached hydrogens (primary N) is 1. The van der Waals surface area contributed by atoms with E-state index in [0.717, 1.165) is 26.2 Å². The third-order valence-electron chi connectivity index (χ3n) is 3.47. The highest BCUT2D eigenvalue weighted by Crippen LogP contribution is 2.17. The number of hydrogen-bond acceptors (Lipinski definition) is 4. The van der Waals surface area contributed by atoms with Gasteiger partial charge in [0.15, 0.2) is 0 Å². The van der Waals surface area contributed by atoms with Crippen LogP contribution in [0.25, 0.3) is 0 Å². The summed E-state index contributed by atoms with van der Waals surface area (Å²) in [7, 11) is 1.96. The van der Waals surface area contributed by atoms with Gasteiger partial charge in [-0.1, -0.05) is 12.1 Å². The smallest absolute Gasteiger partial charge is 0.238 e. The molecule has 0 spiro atoms. The molecule has 0 radical (unpaired) electrons. The number of hydrogen-bond donors (Lipinski definition) is 2. The minimum Gasteiger partial charge on any atom is -0.397 e. The first-order valence-corrected chi connectivity index (χ1v) is 7.06. The Morgan fingerprint density at radius 3 is 3.00 bits per heavy atom. The van der Waals surface area contributed by atoms with E-state index in [0.29, 0.717) is 23.8 Å². The summed E-state index contributed by atoms with van der Waals surface area (Å²) in [6.07, 6.45) is 2.29. The molecule has 20 heavy (non-hydrogen) atoms. The van der Waals surface area contributed by atoms with E-state index in [-0.39, 0.29) is 5.91 Å². The lowest BCUT2D eigenvalue weighted by molar-refractivity contribution is -0.117. The Balaban J connectivity index is 1.77. The second kappa shape index (κ2) is 7.26. The SMILES string of the molecule is CN(CC(=O)Nc1ccccc1N)CC1CCCOC1. The Morgan fingerprint density at radius 2 is 2.30 bits per heavy atom. The van der Waals surface area contributed by atoms with Gasteiger partial charge in [-0.05, 0) is 37.9 Å². The lowest BCUT2D eigenvalue weighted by atomic mass is 10.0. The van der Waals surface area contributed by atoms with Crippen molar-refractivity contribution in [3.63, 3.8) is 0 Å². The zero-order valence-electron chi connectivity index (χ0n) is 12.0. The lowest BCUT2D eigenvalue weighted by Gasteiger charge is -2.26. The number of nitrogens with one attached hydrogen (secondary N) is 1. The van der Waals surface area contributed by atoms with Crippen LogP contribution in [0.2, 0.25) is 0 Å². The quantitative estimate of drug-likeness (QED) is 0.802. The maximum atomic E-state index is 12.0. The second-order valence-electron chi connectivity index (χ2n) is 5.42. The van der Waals surface area contributed by atoms with Crippen LogP contribution in [0.3, 0.4) is 0 Å². The van der Waals surface area contributed by atoms with Gasteiger partial charge in [0.05, 0.1) is 24.5 Å². The number of nitrogen functional groups attached to an aromatic ring is 1. The van der Waals surface area contributed by atoms with E-state index in [1.54, 1.807) is 6.07 Å². The van der Waals surface area contributed by atoms with Crippen molar-refractivity contribution in [2.75, 3.05) is 44.4 Å². The summed E-state index contributed by atoms with van der Waals surface area (Å²) in [4.78, 5) is 14.0. The Bertz CT molecular complexity index is 444. The van der Waals surface area contributed by atoms with Gasteiger partial charge in [0, 0.05) is 13.2 Å². The second-order valence-corrected chi connectivity index (χ2v) is 5.42. The number of carbonyl (C=O) groups excluding carboxylic acids is 1. The summed E-state index contributed by atoms with van der Waals surface area (Å²) in [5.74, 6) is 0.491. The van der Waals surface area contributed by atoms with Crippen LogP contribution in [0.1, 0.15) is 12.8 Å². The van der Waals surface area contributed by atoms with Crippen LogP contribution in [0.4, 0.5) is 11.4 Å². The highest BCUT2D eigenvalue weighted by atomic mass is 16.5. The minimum absolute atomic E-state index is 0.0397. The van der Waals surface area contributed by atoms with Crippen LogP contribution >= 0.6 is 0 Å².